The largest absolute Gasteiger partial charge is 0.298 e. The SMILES string of the molecule is O=Cc1ccc(Cc2ccccn2)cc1Cl. The molecule has 0 radical (unpaired) electrons. The number of aromatic nitrogens is 1. The van der Waals surface area contributed by atoms with E-state index >= 15 is 0 Å². The summed E-state index contributed by atoms with van der Waals surface area (Å²) in [7, 11) is 0. The molecular formula is C13H10ClNO. The van der Waals surface area contributed by atoms with Crippen LogP contribution < -0.4 is 0 Å². The summed E-state index contributed by atoms with van der Waals surface area (Å²) in [6.45, 7) is 0. The molecule has 1 aromatic heterocycles. The van der Waals surface area contributed by atoms with Gasteiger partial charge in [0.25, 0.3) is 0 Å². The van der Waals surface area contributed by atoms with Crippen molar-refractivity contribution in [3.05, 3.63) is 64.4 Å². The molecule has 3 heteroatoms. The van der Waals surface area contributed by atoms with Gasteiger partial charge >= 0.3 is 0 Å². The fourth-order valence-electron chi connectivity index (χ4n) is 1.49. The molecule has 2 nitrogen and oxygen atoms in total. The number of benzene rings is 1. The average Bonchev–Trinajstić information content (AvgIpc) is 2.31. The van der Waals surface area contributed by atoms with Gasteiger partial charge in [0.05, 0.1) is 5.02 Å². The second kappa shape index (κ2) is 4.90. The van der Waals surface area contributed by atoms with Gasteiger partial charge in [-0.25, -0.2) is 0 Å². The summed E-state index contributed by atoms with van der Waals surface area (Å²) in [5, 5.41) is 0.489. The molecule has 1 aromatic carbocycles. The molecule has 16 heavy (non-hydrogen) atoms. The molecule has 0 aliphatic rings. The first-order valence-electron chi connectivity index (χ1n) is 4.93. The quantitative estimate of drug-likeness (QED) is 0.760. The molecule has 0 spiro atoms. The highest BCUT2D eigenvalue weighted by Gasteiger charge is 2.02. The van der Waals surface area contributed by atoms with Crippen LogP contribution in [0.4, 0.5) is 0 Å². The zero-order valence-electron chi connectivity index (χ0n) is 8.56. The van der Waals surface area contributed by atoms with Gasteiger partial charge in [-0.2, -0.15) is 0 Å². The summed E-state index contributed by atoms with van der Waals surface area (Å²) < 4.78 is 0. The van der Waals surface area contributed by atoms with Crippen LogP contribution in [0.5, 0.6) is 0 Å². The van der Waals surface area contributed by atoms with Gasteiger partial charge in [0.1, 0.15) is 0 Å². The molecular weight excluding hydrogens is 222 g/mol. The van der Waals surface area contributed by atoms with E-state index in [1.54, 1.807) is 18.3 Å². The van der Waals surface area contributed by atoms with E-state index in [-0.39, 0.29) is 0 Å². The third-order valence-corrected chi connectivity index (χ3v) is 2.63. The van der Waals surface area contributed by atoms with Crippen molar-refractivity contribution in [2.75, 3.05) is 0 Å². The first-order valence-corrected chi connectivity index (χ1v) is 5.31. The second-order valence-corrected chi connectivity index (χ2v) is 3.88. The van der Waals surface area contributed by atoms with E-state index in [0.29, 0.717) is 10.6 Å². The van der Waals surface area contributed by atoms with Gasteiger partial charge in [-0.05, 0) is 29.8 Å². The van der Waals surface area contributed by atoms with Crippen molar-refractivity contribution in [1.29, 1.82) is 0 Å². The maximum absolute atomic E-state index is 10.6. The van der Waals surface area contributed by atoms with Crippen molar-refractivity contribution < 1.29 is 4.79 Å². The van der Waals surface area contributed by atoms with Crippen LogP contribution in [0.15, 0.2) is 42.6 Å². The zero-order valence-corrected chi connectivity index (χ0v) is 9.32. The van der Waals surface area contributed by atoms with E-state index in [4.69, 9.17) is 11.6 Å². The maximum atomic E-state index is 10.6. The monoisotopic (exact) mass is 231 g/mol. The van der Waals surface area contributed by atoms with Gasteiger partial charge in [-0.1, -0.05) is 23.7 Å². The Labute approximate surface area is 98.9 Å². The Morgan fingerprint density at radius 3 is 2.75 bits per heavy atom. The van der Waals surface area contributed by atoms with Crippen molar-refractivity contribution in [1.82, 2.24) is 4.98 Å². The zero-order chi connectivity index (χ0) is 11.4. The average molecular weight is 232 g/mol. The van der Waals surface area contributed by atoms with Crippen LogP contribution in [0, 0.1) is 0 Å². The van der Waals surface area contributed by atoms with Gasteiger partial charge in [0.2, 0.25) is 0 Å². The lowest BCUT2D eigenvalue weighted by molar-refractivity contribution is 0.112. The molecule has 0 bridgehead atoms. The van der Waals surface area contributed by atoms with E-state index in [0.717, 1.165) is 24.0 Å². The highest BCUT2D eigenvalue weighted by molar-refractivity contribution is 6.33. The Hall–Kier alpha value is -1.67. The molecule has 0 atom stereocenters. The van der Waals surface area contributed by atoms with Crippen LogP contribution in [0.25, 0.3) is 0 Å². The van der Waals surface area contributed by atoms with Crippen molar-refractivity contribution >= 4 is 17.9 Å². The number of hydrogen-bond donors (Lipinski definition) is 0. The van der Waals surface area contributed by atoms with Crippen LogP contribution in [0.1, 0.15) is 21.6 Å². The number of nitrogens with zero attached hydrogens (tertiary/aromatic N) is 1. The number of hydrogen-bond acceptors (Lipinski definition) is 2. The number of aldehydes is 1. The number of carbonyl (C=O) groups excluding carboxylic acids is 1. The number of carbonyl (C=O) groups is 1. The summed E-state index contributed by atoms with van der Waals surface area (Å²) in [4.78, 5) is 14.8. The Morgan fingerprint density at radius 1 is 1.25 bits per heavy atom. The molecule has 0 fully saturated rings. The lowest BCUT2D eigenvalue weighted by atomic mass is 10.1. The Balaban J connectivity index is 2.23. The highest BCUT2D eigenvalue weighted by Crippen LogP contribution is 2.17. The third kappa shape index (κ3) is 2.47. The van der Waals surface area contributed by atoms with Crippen molar-refractivity contribution in [2.24, 2.45) is 0 Å². The van der Waals surface area contributed by atoms with E-state index in [2.05, 4.69) is 4.98 Å². The molecule has 0 amide bonds. The molecule has 0 aliphatic carbocycles. The summed E-state index contributed by atoms with van der Waals surface area (Å²) in [5.74, 6) is 0. The van der Waals surface area contributed by atoms with Gasteiger partial charge in [0, 0.05) is 23.9 Å². The topological polar surface area (TPSA) is 30.0 Å². The fourth-order valence-corrected chi connectivity index (χ4v) is 1.74. The van der Waals surface area contributed by atoms with Crippen molar-refractivity contribution in [3.8, 4) is 0 Å². The first kappa shape index (κ1) is 10.8. The smallest absolute Gasteiger partial charge is 0.151 e. The normalized spacial score (nSPS) is 10.1. The summed E-state index contributed by atoms with van der Waals surface area (Å²) in [5.41, 5.74) is 2.55. The second-order valence-electron chi connectivity index (χ2n) is 3.47. The van der Waals surface area contributed by atoms with Gasteiger partial charge in [-0.3, -0.25) is 9.78 Å². The maximum Gasteiger partial charge on any atom is 0.151 e. The molecule has 0 N–H and O–H groups in total. The van der Waals surface area contributed by atoms with E-state index < -0.39 is 0 Å². The molecule has 0 aliphatic heterocycles. The van der Waals surface area contributed by atoms with Gasteiger partial charge in [0.15, 0.2) is 6.29 Å². The molecule has 2 rings (SSSR count). The van der Waals surface area contributed by atoms with Crippen LogP contribution in [0.2, 0.25) is 5.02 Å². The minimum Gasteiger partial charge on any atom is -0.298 e. The summed E-state index contributed by atoms with van der Waals surface area (Å²) in [6.07, 6.45) is 3.24. The van der Waals surface area contributed by atoms with E-state index in [9.17, 15) is 4.79 Å². The predicted molar refractivity (Wildman–Crippen MR) is 63.9 cm³/mol. The van der Waals surface area contributed by atoms with Crippen LogP contribution in [-0.4, -0.2) is 11.3 Å². The van der Waals surface area contributed by atoms with Gasteiger partial charge < -0.3 is 0 Å². The fraction of sp³-hybridized carbons (Fsp3) is 0.0769. The summed E-state index contributed by atoms with van der Waals surface area (Å²) in [6, 6.07) is 11.2. The number of rotatable bonds is 3. The molecule has 1 heterocycles. The van der Waals surface area contributed by atoms with Crippen LogP contribution >= 0.6 is 11.6 Å². The van der Waals surface area contributed by atoms with E-state index in [1.807, 2.05) is 24.3 Å². The standard InChI is InChI=1S/C13H10ClNO/c14-13-8-10(4-5-11(13)9-16)7-12-3-1-2-6-15-12/h1-6,8-9H,7H2. The molecule has 0 saturated carbocycles. The Morgan fingerprint density at radius 2 is 2.12 bits per heavy atom. The van der Waals surface area contributed by atoms with E-state index in [1.165, 1.54) is 0 Å². The first-order chi connectivity index (χ1) is 7.79. The van der Waals surface area contributed by atoms with Gasteiger partial charge in [-0.15, -0.1) is 0 Å². The Bertz CT molecular complexity index is 497. The minimum atomic E-state index is 0.489. The van der Waals surface area contributed by atoms with Crippen LogP contribution in [0.3, 0.4) is 0 Å². The predicted octanol–water partition coefficient (Wildman–Crippen LogP) is 3.14. The molecule has 0 unspecified atom stereocenters. The molecule has 2 aromatic rings. The lowest BCUT2D eigenvalue weighted by Gasteiger charge is -2.02. The molecule has 0 saturated heterocycles. The number of pyridine rings is 1. The Kier molecular flexibility index (Phi) is 3.32. The van der Waals surface area contributed by atoms with Crippen molar-refractivity contribution in [2.45, 2.75) is 6.42 Å². The van der Waals surface area contributed by atoms with Crippen LogP contribution in [-0.2, 0) is 6.42 Å². The van der Waals surface area contributed by atoms with Crippen molar-refractivity contribution in [3.63, 3.8) is 0 Å². The third-order valence-electron chi connectivity index (χ3n) is 2.30. The number of halogens is 1. The molecule has 80 valence electrons. The lowest BCUT2D eigenvalue weighted by Crippen LogP contribution is -1.92. The minimum absolute atomic E-state index is 0.489. The summed E-state index contributed by atoms with van der Waals surface area (Å²) >= 11 is 5.94. The highest BCUT2D eigenvalue weighted by atomic mass is 35.5.